The van der Waals surface area contributed by atoms with Gasteiger partial charge in [-0.25, -0.2) is 0 Å². The summed E-state index contributed by atoms with van der Waals surface area (Å²) in [5.41, 5.74) is 0. The summed E-state index contributed by atoms with van der Waals surface area (Å²) in [5.74, 6) is 0. The largest absolute Gasteiger partial charge is 0.358 e. The predicted octanol–water partition coefficient (Wildman–Crippen LogP) is 2.37. The first kappa shape index (κ1) is 9.17. The Morgan fingerprint density at radius 3 is 2.92 bits per heavy atom. The second kappa shape index (κ2) is 4.86. The zero-order valence-corrected chi connectivity index (χ0v) is 8.03. The number of unbranched alkanes of at least 4 members (excludes halogenated alkanes) is 1. The molecule has 1 aliphatic heterocycles. The number of allylic oxidation sites excluding steroid dienone is 1. The van der Waals surface area contributed by atoms with Gasteiger partial charge in [0.2, 0.25) is 0 Å². The summed E-state index contributed by atoms with van der Waals surface area (Å²) in [5, 5.41) is 0. The van der Waals surface area contributed by atoms with E-state index in [1.807, 2.05) is 6.92 Å². The van der Waals surface area contributed by atoms with Gasteiger partial charge in [0.05, 0.1) is 6.67 Å². The molecule has 0 spiro atoms. The number of nitrogens with zero attached hydrogens (tertiary/aromatic N) is 2. The molecule has 12 heavy (non-hydrogen) atoms. The number of hydrogen-bond donors (Lipinski definition) is 0. The molecule has 1 heterocycles. The van der Waals surface area contributed by atoms with Gasteiger partial charge in [-0.2, -0.15) is 0 Å². The summed E-state index contributed by atoms with van der Waals surface area (Å²) in [6.45, 7) is 6.47. The molecule has 0 aromatic heterocycles. The van der Waals surface area contributed by atoms with E-state index in [1.54, 1.807) is 0 Å². The van der Waals surface area contributed by atoms with Gasteiger partial charge in [0.25, 0.3) is 0 Å². The zero-order valence-electron chi connectivity index (χ0n) is 8.03. The highest BCUT2D eigenvalue weighted by molar-refractivity contribution is 4.96. The second-order valence-electron chi connectivity index (χ2n) is 3.10. The first-order chi connectivity index (χ1) is 5.86. The highest BCUT2D eigenvalue weighted by atomic mass is 15.3. The minimum atomic E-state index is 1.02. The molecule has 0 saturated heterocycles. The Morgan fingerprint density at radius 2 is 2.25 bits per heavy atom. The van der Waals surface area contributed by atoms with E-state index in [9.17, 15) is 0 Å². The molecule has 0 saturated carbocycles. The first-order valence-corrected chi connectivity index (χ1v) is 4.67. The lowest BCUT2D eigenvalue weighted by Gasteiger charge is -2.17. The van der Waals surface area contributed by atoms with E-state index in [-0.39, 0.29) is 0 Å². The van der Waals surface area contributed by atoms with Crippen LogP contribution in [0.1, 0.15) is 26.7 Å². The van der Waals surface area contributed by atoms with E-state index in [0.717, 1.165) is 6.67 Å². The molecule has 0 aliphatic carbocycles. The normalized spacial score (nSPS) is 16.8. The van der Waals surface area contributed by atoms with Crippen LogP contribution in [0.2, 0.25) is 0 Å². The van der Waals surface area contributed by atoms with Gasteiger partial charge in [-0.05, 0) is 13.3 Å². The molecule has 0 fully saturated rings. The molecule has 2 nitrogen and oxygen atoms in total. The highest BCUT2D eigenvalue weighted by Crippen LogP contribution is 2.07. The van der Waals surface area contributed by atoms with Crippen LogP contribution in [-0.4, -0.2) is 23.0 Å². The minimum Gasteiger partial charge on any atom is -0.358 e. The third-order valence-electron chi connectivity index (χ3n) is 1.95. The van der Waals surface area contributed by atoms with Crippen LogP contribution in [0.5, 0.6) is 0 Å². The fourth-order valence-corrected chi connectivity index (χ4v) is 1.28. The van der Waals surface area contributed by atoms with Crippen LogP contribution in [0, 0.1) is 0 Å². The summed E-state index contributed by atoms with van der Waals surface area (Å²) in [6, 6.07) is 0. The summed E-state index contributed by atoms with van der Waals surface area (Å²) >= 11 is 0. The highest BCUT2D eigenvalue weighted by Gasteiger charge is 2.07. The van der Waals surface area contributed by atoms with Gasteiger partial charge in [-0.15, -0.1) is 0 Å². The molecule has 68 valence electrons. The molecule has 0 radical (unpaired) electrons. The molecular formula is C10H18N2. The average Bonchev–Trinajstić information content (AvgIpc) is 2.50. The van der Waals surface area contributed by atoms with Crippen molar-refractivity contribution < 1.29 is 0 Å². The Hall–Kier alpha value is -0.920. The van der Waals surface area contributed by atoms with Crippen molar-refractivity contribution in [1.29, 1.82) is 0 Å². The first-order valence-electron chi connectivity index (χ1n) is 4.67. The molecule has 0 aromatic carbocycles. The zero-order chi connectivity index (χ0) is 8.81. The van der Waals surface area contributed by atoms with Crippen LogP contribution in [0.25, 0.3) is 0 Å². The SMILES string of the molecule is CC=CN1C=CN(CCCC)C1. The van der Waals surface area contributed by atoms with Crippen LogP contribution in [0.4, 0.5) is 0 Å². The molecular weight excluding hydrogens is 148 g/mol. The van der Waals surface area contributed by atoms with Crippen molar-refractivity contribution >= 4 is 0 Å². The minimum absolute atomic E-state index is 1.02. The predicted molar refractivity (Wildman–Crippen MR) is 52.3 cm³/mol. The average molecular weight is 166 g/mol. The molecule has 0 unspecified atom stereocenters. The molecule has 0 bridgehead atoms. The Morgan fingerprint density at radius 1 is 1.42 bits per heavy atom. The van der Waals surface area contributed by atoms with E-state index in [0.29, 0.717) is 0 Å². The third kappa shape index (κ3) is 2.61. The third-order valence-corrected chi connectivity index (χ3v) is 1.95. The Kier molecular flexibility index (Phi) is 3.71. The lowest BCUT2D eigenvalue weighted by Crippen LogP contribution is -2.22. The van der Waals surface area contributed by atoms with Crippen molar-refractivity contribution in [3.63, 3.8) is 0 Å². The van der Waals surface area contributed by atoms with Crippen LogP contribution in [0.15, 0.2) is 24.7 Å². The summed E-state index contributed by atoms with van der Waals surface area (Å²) < 4.78 is 0. The van der Waals surface area contributed by atoms with Gasteiger partial charge in [0.1, 0.15) is 0 Å². The van der Waals surface area contributed by atoms with Gasteiger partial charge in [-0.3, -0.25) is 0 Å². The Labute approximate surface area is 75.2 Å². The second-order valence-corrected chi connectivity index (χ2v) is 3.10. The van der Waals surface area contributed by atoms with Crippen molar-refractivity contribution in [2.45, 2.75) is 26.7 Å². The number of rotatable bonds is 4. The van der Waals surface area contributed by atoms with E-state index in [1.165, 1.54) is 19.4 Å². The van der Waals surface area contributed by atoms with Gasteiger partial charge >= 0.3 is 0 Å². The van der Waals surface area contributed by atoms with Crippen molar-refractivity contribution in [1.82, 2.24) is 9.80 Å². The quantitative estimate of drug-likeness (QED) is 0.632. The standard InChI is InChI=1S/C10H18N2/c1-3-5-7-12-9-8-11(10-12)6-4-2/h4,6,8-9H,3,5,7,10H2,1-2H3. The van der Waals surface area contributed by atoms with Gasteiger partial charge in [-0.1, -0.05) is 19.4 Å². The van der Waals surface area contributed by atoms with Crippen molar-refractivity contribution in [2.24, 2.45) is 0 Å². The van der Waals surface area contributed by atoms with Crippen LogP contribution < -0.4 is 0 Å². The smallest absolute Gasteiger partial charge is 0.0935 e. The van der Waals surface area contributed by atoms with Gasteiger partial charge in [0, 0.05) is 25.1 Å². The fraction of sp³-hybridized carbons (Fsp3) is 0.600. The van der Waals surface area contributed by atoms with E-state index < -0.39 is 0 Å². The monoisotopic (exact) mass is 166 g/mol. The fourth-order valence-electron chi connectivity index (χ4n) is 1.28. The lowest BCUT2D eigenvalue weighted by molar-refractivity contribution is 0.310. The maximum Gasteiger partial charge on any atom is 0.0935 e. The van der Waals surface area contributed by atoms with E-state index in [4.69, 9.17) is 0 Å². The maximum absolute atomic E-state index is 2.34. The molecule has 2 heteroatoms. The molecule has 0 aromatic rings. The van der Waals surface area contributed by atoms with Crippen molar-refractivity contribution in [2.75, 3.05) is 13.2 Å². The number of hydrogen-bond acceptors (Lipinski definition) is 2. The van der Waals surface area contributed by atoms with E-state index >= 15 is 0 Å². The van der Waals surface area contributed by atoms with Crippen molar-refractivity contribution in [3.05, 3.63) is 24.7 Å². The molecule has 0 N–H and O–H groups in total. The lowest BCUT2D eigenvalue weighted by atomic mass is 10.3. The van der Waals surface area contributed by atoms with Gasteiger partial charge < -0.3 is 9.80 Å². The van der Waals surface area contributed by atoms with Crippen molar-refractivity contribution in [3.8, 4) is 0 Å². The summed E-state index contributed by atoms with van der Waals surface area (Å²) in [7, 11) is 0. The maximum atomic E-state index is 2.34. The van der Waals surface area contributed by atoms with Crippen LogP contribution in [-0.2, 0) is 0 Å². The van der Waals surface area contributed by atoms with Crippen LogP contribution in [0.3, 0.4) is 0 Å². The Bertz CT molecular complexity index is 173. The molecule has 1 aliphatic rings. The topological polar surface area (TPSA) is 6.48 Å². The molecule has 0 amide bonds. The summed E-state index contributed by atoms with van der Waals surface area (Å²) in [6.07, 6.45) is 11.0. The Balaban J connectivity index is 2.22. The van der Waals surface area contributed by atoms with Crippen LogP contribution >= 0.6 is 0 Å². The molecule has 1 rings (SSSR count). The van der Waals surface area contributed by atoms with Gasteiger partial charge in [0.15, 0.2) is 0 Å². The van der Waals surface area contributed by atoms with E-state index in [2.05, 4.69) is 41.4 Å². The summed E-state index contributed by atoms with van der Waals surface area (Å²) in [4.78, 5) is 4.53. The molecule has 0 atom stereocenters.